The Morgan fingerprint density at radius 3 is 1.65 bits per heavy atom. The fourth-order valence-corrected chi connectivity index (χ4v) is 6.92. The van der Waals surface area contributed by atoms with Crippen LogP contribution < -0.4 is 0 Å². The van der Waals surface area contributed by atoms with Crippen LogP contribution in [0.25, 0.3) is 98.8 Å². The van der Waals surface area contributed by atoms with Gasteiger partial charge in [-0.15, -0.1) is 0 Å². The van der Waals surface area contributed by atoms with E-state index >= 15 is 0 Å². The fourth-order valence-electron chi connectivity index (χ4n) is 6.92. The highest BCUT2D eigenvalue weighted by atomic mass is 16.3. The van der Waals surface area contributed by atoms with Crippen LogP contribution in [0.3, 0.4) is 0 Å². The number of hydrogen-bond acceptors (Lipinski definition) is 1. The van der Waals surface area contributed by atoms with Crippen LogP contribution in [0.4, 0.5) is 0 Å². The maximum Gasteiger partial charge on any atom is 0.136 e. The van der Waals surface area contributed by atoms with Gasteiger partial charge in [0, 0.05) is 10.8 Å². The minimum Gasteiger partial charge on any atom is -0.456 e. The predicted molar refractivity (Wildman–Crippen MR) is 208 cm³/mol. The van der Waals surface area contributed by atoms with Crippen molar-refractivity contribution < 1.29 is 19.5 Å². The van der Waals surface area contributed by atoms with E-state index in [0.717, 1.165) is 49.2 Å². The maximum atomic E-state index is 9.63. The summed E-state index contributed by atoms with van der Waals surface area (Å²) in [6, 6.07) is 32.7. The molecule has 0 amide bonds. The van der Waals surface area contributed by atoms with Crippen LogP contribution in [0.15, 0.2) is 186 Å². The average molecular weight is 634 g/mol. The summed E-state index contributed by atoms with van der Waals surface area (Å²) in [5.74, 6) is 0. The lowest BCUT2D eigenvalue weighted by Crippen LogP contribution is -1.91. The SMILES string of the molecule is [2H]c1c([2H])c([2H])c(-c2c([2H])c([2H])c3oc4c([2H])c(-c5c6ccccc6c(-c6ccc(-c7ccc8ccccc8c7)cc6)c6ccccc56)c([2H])c([2H])c4c3c2[2H])c([2H])c1[2H]. The van der Waals surface area contributed by atoms with Gasteiger partial charge in [0.15, 0.2) is 0 Å². The van der Waals surface area contributed by atoms with Crippen molar-refractivity contribution in [3.05, 3.63) is 182 Å². The summed E-state index contributed by atoms with van der Waals surface area (Å²) in [6.07, 6.45) is 0. The van der Waals surface area contributed by atoms with E-state index in [1.807, 2.05) is 60.7 Å². The zero-order chi connectivity index (χ0) is 41.9. The molecule has 0 aliphatic rings. The fraction of sp³-hybridized carbons (Fsp3) is 0. The summed E-state index contributed by atoms with van der Waals surface area (Å²) in [7, 11) is 0. The summed E-state index contributed by atoms with van der Waals surface area (Å²) >= 11 is 0. The van der Waals surface area contributed by atoms with Crippen molar-refractivity contribution in [3.8, 4) is 44.5 Å². The van der Waals surface area contributed by atoms with E-state index < -0.39 is 59.5 Å². The molecule has 0 unspecified atom stereocenters. The molecule has 10 aromatic rings. The largest absolute Gasteiger partial charge is 0.456 e. The molecule has 0 fully saturated rings. The molecule has 0 N–H and O–H groups in total. The van der Waals surface area contributed by atoms with Gasteiger partial charge in [0.05, 0.1) is 15.1 Å². The Hall–Kier alpha value is -6.44. The second kappa shape index (κ2) is 11.1. The molecule has 1 heterocycles. The Morgan fingerprint density at radius 2 is 0.939 bits per heavy atom. The zero-order valence-corrected chi connectivity index (χ0v) is 25.9. The normalized spacial score (nSPS) is 14.8. The van der Waals surface area contributed by atoms with E-state index in [0.29, 0.717) is 5.56 Å². The maximum absolute atomic E-state index is 9.63. The van der Waals surface area contributed by atoms with Crippen LogP contribution in [0.2, 0.25) is 0 Å². The first-order valence-electron chi connectivity index (χ1n) is 21.4. The Labute approximate surface area is 299 Å². The average Bonchev–Trinajstić information content (AvgIpc) is 3.69. The lowest BCUT2D eigenvalue weighted by atomic mass is 9.85. The molecule has 0 saturated carbocycles. The van der Waals surface area contributed by atoms with E-state index in [9.17, 15) is 5.48 Å². The third-order valence-electron chi connectivity index (χ3n) is 9.20. The molecule has 1 aromatic heterocycles. The molecule has 0 saturated heterocycles. The number of benzene rings is 9. The van der Waals surface area contributed by atoms with Crippen molar-refractivity contribution in [2.24, 2.45) is 0 Å². The number of furan rings is 1. The van der Waals surface area contributed by atoms with Gasteiger partial charge < -0.3 is 4.42 Å². The van der Waals surface area contributed by atoms with Crippen LogP contribution in [-0.2, 0) is 0 Å². The topological polar surface area (TPSA) is 13.1 Å². The molecule has 49 heavy (non-hydrogen) atoms. The Kier molecular flexibility index (Phi) is 4.25. The van der Waals surface area contributed by atoms with Gasteiger partial charge in [-0.2, -0.15) is 0 Å². The Bertz CT molecular complexity index is 3410. The first-order valence-corrected chi connectivity index (χ1v) is 15.9. The standard InChI is InChI=1S/C48H30O/c1-2-10-31(11-3-1)37-25-27-45-44(29-37)39-26-24-38(30-46(39)49-45)48-42-16-8-6-14-40(42)47(41-15-7-9-17-43(41)48)34-21-18-33(19-22-34)36-23-20-32-12-4-5-13-35(32)28-36/h1-30H/i1D,2D,3D,10D,11D,24D,25D,26D,27D,29D,30D. The molecular formula is C48H30O. The third kappa shape index (κ3) is 4.55. The molecule has 10 rings (SSSR count). The highest BCUT2D eigenvalue weighted by Crippen LogP contribution is 2.45. The van der Waals surface area contributed by atoms with E-state index in [1.54, 1.807) is 0 Å². The molecular weight excluding hydrogens is 593 g/mol. The van der Waals surface area contributed by atoms with E-state index in [4.69, 9.17) is 14.0 Å². The molecule has 0 aliphatic carbocycles. The number of rotatable bonds is 4. The molecule has 0 bridgehead atoms. The van der Waals surface area contributed by atoms with Gasteiger partial charge in [-0.1, -0.05) is 151 Å². The Morgan fingerprint density at radius 1 is 0.347 bits per heavy atom. The van der Waals surface area contributed by atoms with Gasteiger partial charge in [0.1, 0.15) is 11.2 Å². The highest BCUT2D eigenvalue weighted by molar-refractivity contribution is 6.22. The third-order valence-corrected chi connectivity index (χ3v) is 9.20. The van der Waals surface area contributed by atoms with Gasteiger partial charge in [0.25, 0.3) is 0 Å². The molecule has 0 radical (unpaired) electrons. The first kappa shape index (κ1) is 18.8. The first-order chi connectivity index (χ1) is 28.9. The van der Waals surface area contributed by atoms with E-state index in [1.165, 1.54) is 5.39 Å². The van der Waals surface area contributed by atoms with Crippen LogP contribution >= 0.6 is 0 Å². The van der Waals surface area contributed by atoms with Crippen molar-refractivity contribution in [1.29, 1.82) is 0 Å². The molecule has 228 valence electrons. The smallest absolute Gasteiger partial charge is 0.136 e. The van der Waals surface area contributed by atoms with Crippen LogP contribution in [0.5, 0.6) is 0 Å². The van der Waals surface area contributed by atoms with Crippen LogP contribution in [0, 0.1) is 0 Å². The van der Waals surface area contributed by atoms with Gasteiger partial charge in [-0.3, -0.25) is 0 Å². The minimum atomic E-state index is -0.662. The van der Waals surface area contributed by atoms with E-state index in [2.05, 4.69) is 54.6 Å². The molecule has 1 nitrogen and oxygen atoms in total. The zero-order valence-electron chi connectivity index (χ0n) is 36.9. The molecule has 0 atom stereocenters. The lowest BCUT2D eigenvalue weighted by molar-refractivity contribution is 0.669. The lowest BCUT2D eigenvalue weighted by Gasteiger charge is -2.18. The second-order valence-electron chi connectivity index (χ2n) is 12.0. The summed E-state index contributed by atoms with van der Waals surface area (Å²) in [5, 5.41) is 5.28. The van der Waals surface area contributed by atoms with Crippen molar-refractivity contribution >= 4 is 54.3 Å². The quantitative estimate of drug-likeness (QED) is 0.176. The van der Waals surface area contributed by atoms with Gasteiger partial charge in [-0.25, -0.2) is 0 Å². The summed E-state index contributed by atoms with van der Waals surface area (Å²) in [4.78, 5) is 0. The van der Waals surface area contributed by atoms with Crippen molar-refractivity contribution in [1.82, 2.24) is 0 Å². The second-order valence-corrected chi connectivity index (χ2v) is 12.0. The van der Waals surface area contributed by atoms with Gasteiger partial charge in [0.2, 0.25) is 0 Å². The van der Waals surface area contributed by atoms with Gasteiger partial charge in [-0.05, 0) is 107 Å². The van der Waals surface area contributed by atoms with Crippen LogP contribution in [0.1, 0.15) is 15.1 Å². The molecule has 1 heteroatoms. The summed E-state index contributed by atoms with van der Waals surface area (Å²) in [6.45, 7) is 0. The minimum absolute atomic E-state index is 0.104. The van der Waals surface area contributed by atoms with Gasteiger partial charge >= 0.3 is 0 Å². The predicted octanol–water partition coefficient (Wildman–Crippen LogP) is 13.7. The van der Waals surface area contributed by atoms with Crippen molar-refractivity contribution in [3.63, 3.8) is 0 Å². The molecule has 0 spiro atoms. The van der Waals surface area contributed by atoms with Crippen LogP contribution in [-0.4, -0.2) is 0 Å². The van der Waals surface area contributed by atoms with E-state index in [-0.39, 0.29) is 45.6 Å². The van der Waals surface area contributed by atoms with Crippen molar-refractivity contribution in [2.75, 3.05) is 0 Å². The monoisotopic (exact) mass is 633 g/mol. The highest BCUT2D eigenvalue weighted by Gasteiger charge is 2.18. The summed E-state index contributed by atoms with van der Waals surface area (Å²) in [5.41, 5.74) is 3.50. The molecule has 0 aliphatic heterocycles. The number of fused-ring (bicyclic) bond motifs is 6. The Balaban J connectivity index is 1.21. The summed E-state index contributed by atoms with van der Waals surface area (Å²) < 4.78 is 103. The molecule has 9 aromatic carbocycles. The van der Waals surface area contributed by atoms with Crippen molar-refractivity contribution in [2.45, 2.75) is 0 Å². The number of hydrogen-bond donors (Lipinski definition) is 0.